The van der Waals surface area contributed by atoms with Crippen LogP contribution in [0.3, 0.4) is 0 Å². The summed E-state index contributed by atoms with van der Waals surface area (Å²) >= 11 is 0. The van der Waals surface area contributed by atoms with E-state index in [9.17, 15) is 0 Å². The van der Waals surface area contributed by atoms with Crippen LogP contribution in [0.4, 0.5) is 0 Å². The minimum absolute atomic E-state index is 1.13. The third kappa shape index (κ3) is 1.50. The molecule has 10 heavy (non-hydrogen) atoms. The Morgan fingerprint density at radius 3 is 3.10 bits per heavy atom. The second-order valence-electron chi connectivity index (χ2n) is 2.37. The molecule has 0 aromatic heterocycles. The molecule has 0 spiro atoms. The first-order valence-corrected chi connectivity index (χ1v) is 3.57. The molecule has 0 saturated carbocycles. The molecule has 0 saturated heterocycles. The predicted molar refractivity (Wildman–Crippen MR) is 44.7 cm³/mol. The van der Waals surface area contributed by atoms with Crippen LogP contribution in [0.2, 0.25) is 0 Å². The van der Waals surface area contributed by atoms with Crippen LogP contribution >= 0.6 is 0 Å². The summed E-state index contributed by atoms with van der Waals surface area (Å²) < 4.78 is 0. The average molecular weight is 135 g/mol. The molecule has 54 valence electrons. The van der Waals surface area contributed by atoms with Gasteiger partial charge in [0.25, 0.3) is 0 Å². The van der Waals surface area contributed by atoms with Gasteiger partial charge in [-0.3, -0.25) is 0 Å². The Hall–Kier alpha value is -0.980. The van der Waals surface area contributed by atoms with E-state index in [1.807, 2.05) is 13.1 Å². The van der Waals surface area contributed by atoms with Crippen molar-refractivity contribution in [1.29, 1.82) is 0 Å². The molecule has 1 aliphatic carbocycles. The van der Waals surface area contributed by atoms with E-state index in [1.165, 1.54) is 11.3 Å². The summed E-state index contributed by atoms with van der Waals surface area (Å²) in [5.74, 6) is 0. The second kappa shape index (κ2) is 3.25. The molecular weight excluding hydrogens is 122 g/mol. The van der Waals surface area contributed by atoms with Crippen LogP contribution in [0.1, 0.15) is 12.8 Å². The number of nitrogens with one attached hydrogen (secondary N) is 1. The molecule has 0 aromatic carbocycles. The van der Waals surface area contributed by atoms with Crippen molar-refractivity contribution in [3.63, 3.8) is 0 Å². The summed E-state index contributed by atoms with van der Waals surface area (Å²) in [6, 6.07) is 0. The third-order valence-electron chi connectivity index (χ3n) is 1.69. The molecule has 1 N–H and O–H groups in total. The SMILES string of the molecule is C=CC1=CCCC(NC)=C1. The zero-order valence-corrected chi connectivity index (χ0v) is 6.35. The first-order valence-electron chi connectivity index (χ1n) is 3.57. The molecule has 1 heteroatoms. The smallest absolute Gasteiger partial charge is 0.0113 e. The Balaban J connectivity index is 2.70. The van der Waals surface area contributed by atoms with Gasteiger partial charge in [-0.1, -0.05) is 18.7 Å². The molecule has 1 aliphatic rings. The fourth-order valence-corrected chi connectivity index (χ4v) is 1.07. The summed E-state index contributed by atoms with van der Waals surface area (Å²) in [5.41, 5.74) is 2.54. The predicted octanol–water partition coefficient (Wildman–Crippen LogP) is 2.00. The maximum absolute atomic E-state index is 3.71. The number of allylic oxidation sites excluding steroid dienone is 5. The van der Waals surface area contributed by atoms with Gasteiger partial charge in [0, 0.05) is 12.7 Å². The van der Waals surface area contributed by atoms with Crippen LogP contribution in [-0.2, 0) is 0 Å². The van der Waals surface area contributed by atoms with Gasteiger partial charge in [-0.15, -0.1) is 0 Å². The minimum atomic E-state index is 1.13. The van der Waals surface area contributed by atoms with Gasteiger partial charge in [-0.05, 0) is 24.5 Å². The molecule has 0 aliphatic heterocycles. The van der Waals surface area contributed by atoms with E-state index < -0.39 is 0 Å². The lowest BCUT2D eigenvalue weighted by Crippen LogP contribution is -2.07. The highest BCUT2D eigenvalue weighted by molar-refractivity contribution is 5.34. The summed E-state index contributed by atoms with van der Waals surface area (Å²) in [7, 11) is 1.96. The molecule has 1 rings (SSSR count). The first-order chi connectivity index (χ1) is 4.86. The van der Waals surface area contributed by atoms with Crippen LogP contribution in [0.15, 0.2) is 36.1 Å². The van der Waals surface area contributed by atoms with Crippen LogP contribution in [0.5, 0.6) is 0 Å². The largest absolute Gasteiger partial charge is 0.391 e. The van der Waals surface area contributed by atoms with Crippen molar-refractivity contribution in [2.24, 2.45) is 0 Å². The van der Waals surface area contributed by atoms with Crippen molar-refractivity contribution in [1.82, 2.24) is 5.32 Å². The first kappa shape index (κ1) is 7.13. The van der Waals surface area contributed by atoms with Gasteiger partial charge in [-0.2, -0.15) is 0 Å². The summed E-state index contributed by atoms with van der Waals surface area (Å²) in [6.45, 7) is 3.71. The molecule has 0 amide bonds. The van der Waals surface area contributed by atoms with Crippen molar-refractivity contribution >= 4 is 0 Å². The van der Waals surface area contributed by atoms with Crippen molar-refractivity contribution in [2.45, 2.75) is 12.8 Å². The third-order valence-corrected chi connectivity index (χ3v) is 1.69. The fraction of sp³-hybridized carbons (Fsp3) is 0.333. The van der Waals surface area contributed by atoms with Gasteiger partial charge in [0.2, 0.25) is 0 Å². The maximum Gasteiger partial charge on any atom is 0.0113 e. The van der Waals surface area contributed by atoms with E-state index >= 15 is 0 Å². The van der Waals surface area contributed by atoms with Crippen LogP contribution in [-0.4, -0.2) is 7.05 Å². The van der Waals surface area contributed by atoms with E-state index in [0.717, 1.165) is 12.8 Å². The monoisotopic (exact) mass is 135 g/mol. The Labute approximate surface area is 62.1 Å². The molecule has 0 bridgehead atoms. The summed E-state index contributed by atoms with van der Waals surface area (Å²) in [5, 5.41) is 3.14. The number of hydrogen-bond donors (Lipinski definition) is 1. The zero-order chi connectivity index (χ0) is 7.40. The zero-order valence-electron chi connectivity index (χ0n) is 6.35. The van der Waals surface area contributed by atoms with Crippen LogP contribution < -0.4 is 5.32 Å². The minimum Gasteiger partial charge on any atom is -0.391 e. The van der Waals surface area contributed by atoms with Gasteiger partial charge >= 0.3 is 0 Å². The fourth-order valence-electron chi connectivity index (χ4n) is 1.07. The molecule has 0 aromatic rings. The summed E-state index contributed by atoms with van der Waals surface area (Å²) in [6.07, 6.45) is 8.49. The topological polar surface area (TPSA) is 12.0 Å². The van der Waals surface area contributed by atoms with E-state index in [0.29, 0.717) is 0 Å². The highest BCUT2D eigenvalue weighted by atomic mass is 14.8. The van der Waals surface area contributed by atoms with E-state index in [-0.39, 0.29) is 0 Å². The molecule has 0 radical (unpaired) electrons. The van der Waals surface area contributed by atoms with Gasteiger partial charge in [0.15, 0.2) is 0 Å². The lowest BCUT2D eigenvalue weighted by Gasteiger charge is -2.10. The van der Waals surface area contributed by atoms with Crippen molar-refractivity contribution in [3.8, 4) is 0 Å². The molecule has 1 nitrogen and oxygen atoms in total. The molecule has 0 heterocycles. The molecular formula is C9H13N. The quantitative estimate of drug-likeness (QED) is 0.610. The van der Waals surface area contributed by atoms with Gasteiger partial charge < -0.3 is 5.32 Å². The van der Waals surface area contributed by atoms with E-state index in [2.05, 4.69) is 24.0 Å². The normalized spacial score (nSPS) is 17.3. The highest BCUT2D eigenvalue weighted by Gasteiger charge is 1.99. The Bertz CT molecular complexity index is 187. The van der Waals surface area contributed by atoms with Gasteiger partial charge in [0.1, 0.15) is 0 Å². The molecule has 0 unspecified atom stereocenters. The van der Waals surface area contributed by atoms with Crippen LogP contribution in [0.25, 0.3) is 0 Å². The van der Waals surface area contributed by atoms with Crippen LogP contribution in [0, 0.1) is 0 Å². The van der Waals surface area contributed by atoms with Gasteiger partial charge in [-0.25, -0.2) is 0 Å². The second-order valence-corrected chi connectivity index (χ2v) is 2.37. The highest BCUT2D eigenvalue weighted by Crippen LogP contribution is 2.14. The lowest BCUT2D eigenvalue weighted by atomic mass is 10.0. The Kier molecular flexibility index (Phi) is 2.32. The van der Waals surface area contributed by atoms with Crippen molar-refractivity contribution in [2.75, 3.05) is 7.05 Å². The summed E-state index contributed by atoms with van der Waals surface area (Å²) in [4.78, 5) is 0. The maximum atomic E-state index is 3.71. The van der Waals surface area contributed by atoms with Crippen molar-refractivity contribution in [3.05, 3.63) is 36.1 Å². The van der Waals surface area contributed by atoms with Gasteiger partial charge in [0.05, 0.1) is 0 Å². The Morgan fingerprint density at radius 2 is 2.50 bits per heavy atom. The lowest BCUT2D eigenvalue weighted by molar-refractivity contribution is 0.836. The van der Waals surface area contributed by atoms with E-state index in [1.54, 1.807) is 0 Å². The van der Waals surface area contributed by atoms with Crippen molar-refractivity contribution < 1.29 is 0 Å². The number of rotatable bonds is 2. The van der Waals surface area contributed by atoms with E-state index in [4.69, 9.17) is 0 Å². The standard InChI is InChI=1S/C9H13N/c1-3-8-5-4-6-9(7-8)10-2/h3,5,7,10H,1,4,6H2,2H3. The molecule has 0 atom stereocenters. The molecule has 0 fully saturated rings. The Morgan fingerprint density at radius 1 is 1.70 bits per heavy atom. The number of hydrogen-bond acceptors (Lipinski definition) is 1. The average Bonchev–Trinajstić information content (AvgIpc) is 2.05.